The van der Waals surface area contributed by atoms with Crippen molar-refractivity contribution in [2.24, 2.45) is 0 Å². The molecule has 1 aliphatic carbocycles. The lowest BCUT2D eigenvalue weighted by atomic mass is 10.1. The fraction of sp³-hybridized carbons (Fsp3) is 0.467. The first-order valence-corrected chi connectivity index (χ1v) is 7.62. The number of hydrogen-bond acceptors (Lipinski definition) is 5. The van der Waals surface area contributed by atoms with E-state index in [4.69, 9.17) is 17.0 Å². The molecule has 22 heavy (non-hydrogen) atoms. The summed E-state index contributed by atoms with van der Waals surface area (Å²) in [5, 5.41) is 0.235. The normalized spacial score (nSPS) is 14.5. The first-order chi connectivity index (χ1) is 10.4. The van der Waals surface area contributed by atoms with Crippen LogP contribution in [0.15, 0.2) is 10.9 Å². The standard InChI is InChI=1S/C15H17N3O3S/c1-7(2)18-12-11(13(19)17-15(18)22)9(14(20)21-3)6-10(16-12)8-4-5-8/h6-8H,4-5H2,1-3H3,(H,17,19,22). The van der Waals surface area contributed by atoms with E-state index in [2.05, 4.69) is 9.97 Å². The number of fused-ring (bicyclic) bond motifs is 1. The zero-order valence-corrected chi connectivity index (χ0v) is 13.5. The van der Waals surface area contributed by atoms with Gasteiger partial charge in [-0.15, -0.1) is 0 Å². The summed E-state index contributed by atoms with van der Waals surface area (Å²) in [6.07, 6.45) is 2.09. The van der Waals surface area contributed by atoms with Crippen molar-refractivity contribution in [2.45, 2.75) is 38.6 Å². The van der Waals surface area contributed by atoms with Gasteiger partial charge < -0.3 is 4.74 Å². The summed E-state index contributed by atoms with van der Waals surface area (Å²) >= 11 is 5.26. The van der Waals surface area contributed by atoms with E-state index in [-0.39, 0.29) is 17.0 Å². The van der Waals surface area contributed by atoms with Gasteiger partial charge >= 0.3 is 5.97 Å². The molecule has 3 rings (SSSR count). The monoisotopic (exact) mass is 319 g/mol. The zero-order valence-electron chi connectivity index (χ0n) is 12.7. The van der Waals surface area contributed by atoms with Gasteiger partial charge in [0.15, 0.2) is 4.77 Å². The number of hydrogen-bond donors (Lipinski definition) is 1. The Hall–Kier alpha value is -2.02. The lowest BCUT2D eigenvalue weighted by molar-refractivity contribution is 0.0602. The quantitative estimate of drug-likeness (QED) is 0.695. The molecule has 2 aromatic rings. The molecule has 2 aromatic heterocycles. The molecule has 0 spiro atoms. The molecule has 0 unspecified atom stereocenters. The van der Waals surface area contributed by atoms with Crippen molar-refractivity contribution in [1.82, 2.24) is 14.5 Å². The van der Waals surface area contributed by atoms with Crippen molar-refractivity contribution < 1.29 is 9.53 Å². The molecular formula is C15H17N3O3S. The molecule has 0 amide bonds. The van der Waals surface area contributed by atoms with Gasteiger partial charge in [0, 0.05) is 17.7 Å². The van der Waals surface area contributed by atoms with Crippen LogP contribution < -0.4 is 5.56 Å². The molecule has 0 radical (unpaired) electrons. The number of rotatable bonds is 3. The molecule has 7 heteroatoms. The predicted molar refractivity (Wildman–Crippen MR) is 84.9 cm³/mol. The Kier molecular flexibility index (Phi) is 3.60. The van der Waals surface area contributed by atoms with E-state index in [1.807, 2.05) is 13.8 Å². The Morgan fingerprint density at radius 2 is 2.18 bits per heavy atom. The average molecular weight is 319 g/mol. The van der Waals surface area contributed by atoms with Gasteiger partial charge in [0.25, 0.3) is 5.56 Å². The highest BCUT2D eigenvalue weighted by molar-refractivity contribution is 7.71. The van der Waals surface area contributed by atoms with Crippen molar-refractivity contribution in [1.29, 1.82) is 0 Å². The van der Waals surface area contributed by atoms with Gasteiger partial charge in [0.2, 0.25) is 0 Å². The molecule has 0 aliphatic heterocycles. The van der Waals surface area contributed by atoms with Crippen LogP contribution in [0.1, 0.15) is 54.7 Å². The molecule has 6 nitrogen and oxygen atoms in total. The maximum atomic E-state index is 12.3. The Labute approximate surface area is 132 Å². The van der Waals surface area contributed by atoms with E-state index in [1.165, 1.54) is 7.11 Å². The smallest absolute Gasteiger partial charge is 0.338 e. The van der Waals surface area contributed by atoms with E-state index in [0.29, 0.717) is 16.3 Å². The number of H-pyrrole nitrogens is 1. The molecule has 1 fully saturated rings. The lowest BCUT2D eigenvalue weighted by Gasteiger charge is -2.16. The van der Waals surface area contributed by atoms with Crippen molar-refractivity contribution in [3.05, 3.63) is 32.4 Å². The van der Waals surface area contributed by atoms with Gasteiger partial charge in [0.1, 0.15) is 5.65 Å². The number of esters is 1. The topological polar surface area (TPSA) is 77.0 Å². The van der Waals surface area contributed by atoms with Crippen LogP contribution >= 0.6 is 12.2 Å². The minimum absolute atomic E-state index is 0.0132. The van der Waals surface area contributed by atoms with Gasteiger partial charge in [-0.3, -0.25) is 14.3 Å². The van der Waals surface area contributed by atoms with E-state index in [9.17, 15) is 9.59 Å². The number of carbonyl (C=O) groups is 1. The third-order valence-electron chi connectivity index (χ3n) is 3.83. The highest BCUT2D eigenvalue weighted by Crippen LogP contribution is 2.40. The first-order valence-electron chi connectivity index (χ1n) is 7.21. The fourth-order valence-electron chi connectivity index (χ4n) is 2.60. The minimum Gasteiger partial charge on any atom is -0.465 e. The molecule has 1 aliphatic rings. The van der Waals surface area contributed by atoms with Gasteiger partial charge in [-0.1, -0.05) is 0 Å². The predicted octanol–water partition coefficient (Wildman–Crippen LogP) is 2.70. The lowest BCUT2D eigenvalue weighted by Crippen LogP contribution is -2.21. The fourth-order valence-corrected chi connectivity index (χ4v) is 2.99. The third-order valence-corrected chi connectivity index (χ3v) is 4.13. The largest absolute Gasteiger partial charge is 0.465 e. The maximum Gasteiger partial charge on any atom is 0.338 e. The summed E-state index contributed by atoms with van der Waals surface area (Å²) in [4.78, 5) is 31.7. The van der Waals surface area contributed by atoms with Crippen molar-refractivity contribution in [3.8, 4) is 0 Å². The Morgan fingerprint density at radius 1 is 1.50 bits per heavy atom. The van der Waals surface area contributed by atoms with Crippen molar-refractivity contribution >= 4 is 29.2 Å². The summed E-state index contributed by atoms with van der Waals surface area (Å²) in [5.74, 6) is -0.187. The Balaban J connectivity index is 2.48. The van der Waals surface area contributed by atoms with Crippen LogP contribution in [0.5, 0.6) is 0 Å². The first kappa shape index (κ1) is 14.9. The van der Waals surface area contributed by atoms with Crippen LogP contribution in [0, 0.1) is 4.77 Å². The van der Waals surface area contributed by atoms with Crippen molar-refractivity contribution in [3.63, 3.8) is 0 Å². The molecule has 0 aromatic carbocycles. The molecule has 0 atom stereocenters. The highest BCUT2D eigenvalue weighted by Gasteiger charge is 2.28. The molecule has 1 N–H and O–H groups in total. The van der Waals surface area contributed by atoms with Crippen LogP contribution in [0.4, 0.5) is 0 Å². The number of nitrogens with zero attached hydrogens (tertiary/aromatic N) is 2. The third kappa shape index (κ3) is 2.35. The zero-order chi connectivity index (χ0) is 16.0. The molecule has 116 valence electrons. The summed E-state index contributed by atoms with van der Waals surface area (Å²) < 4.78 is 6.91. The van der Waals surface area contributed by atoms with Crippen LogP contribution in [-0.4, -0.2) is 27.6 Å². The van der Waals surface area contributed by atoms with Gasteiger partial charge in [-0.2, -0.15) is 0 Å². The summed E-state index contributed by atoms with van der Waals surface area (Å²) in [5.41, 5.74) is 1.11. The summed E-state index contributed by atoms with van der Waals surface area (Å²) in [6.45, 7) is 3.91. The second-order valence-corrected chi connectivity index (χ2v) is 6.17. The average Bonchev–Trinajstić information content (AvgIpc) is 3.29. The van der Waals surface area contributed by atoms with E-state index >= 15 is 0 Å². The number of aromatic nitrogens is 3. The van der Waals surface area contributed by atoms with Crippen LogP contribution in [0.25, 0.3) is 11.0 Å². The van der Waals surface area contributed by atoms with E-state index in [1.54, 1.807) is 10.6 Å². The number of ether oxygens (including phenoxy) is 1. The van der Waals surface area contributed by atoms with E-state index in [0.717, 1.165) is 18.5 Å². The Morgan fingerprint density at radius 3 is 2.73 bits per heavy atom. The minimum atomic E-state index is -0.535. The summed E-state index contributed by atoms with van der Waals surface area (Å²) in [7, 11) is 1.30. The van der Waals surface area contributed by atoms with Gasteiger partial charge in [0.05, 0.1) is 18.1 Å². The SMILES string of the molecule is COC(=O)c1cc(C2CC2)nc2c1c(=O)[nH]c(=S)n2C(C)C. The van der Waals surface area contributed by atoms with Crippen LogP contribution in [0.3, 0.4) is 0 Å². The molecule has 1 saturated carbocycles. The number of aromatic amines is 1. The molecular weight excluding hydrogens is 302 g/mol. The summed E-state index contributed by atoms with van der Waals surface area (Å²) in [6, 6.07) is 1.69. The van der Waals surface area contributed by atoms with Crippen LogP contribution in [-0.2, 0) is 4.74 Å². The molecule has 2 heterocycles. The van der Waals surface area contributed by atoms with Crippen molar-refractivity contribution in [2.75, 3.05) is 7.11 Å². The number of carbonyl (C=O) groups excluding carboxylic acids is 1. The van der Waals surface area contributed by atoms with Gasteiger partial charge in [-0.05, 0) is 45.0 Å². The second kappa shape index (κ2) is 5.31. The van der Waals surface area contributed by atoms with Gasteiger partial charge in [-0.25, -0.2) is 9.78 Å². The van der Waals surface area contributed by atoms with Crippen LogP contribution in [0.2, 0.25) is 0 Å². The maximum absolute atomic E-state index is 12.3. The number of methoxy groups -OCH3 is 1. The number of pyridine rings is 1. The second-order valence-electron chi connectivity index (χ2n) is 5.78. The highest BCUT2D eigenvalue weighted by atomic mass is 32.1. The number of nitrogens with one attached hydrogen (secondary N) is 1. The van der Waals surface area contributed by atoms with E-state index < -0.39 is 11.5 Å². The molecule has 0 bridgehead atoms. The molecule has 0 saturated heterocycles. The Bertz CT molecular complexity index is 878.